The Bertz CT molecular complexity index is 1020. The van der Waals surface area contributed by atoms with E-state index in [0.717, 1.165) is 46.2 Å². The molecular weight excluding hydrogens is 349 g/mol. The molecule has 1 saturated heterocycles. The fraction of sp³-hybridized carbons (Fsp3) is 0.364. The monoisotopic (exact) mass is 373 g/mol. The van der Waals surface area contributed by atoms with Gasteiger partial charge in [0.2, 0.25) is 0 Å². The Kier molecular flexibility index (Phi) is 4.65. The van der Waals surface area contributed by atoms with E-state index in [4.69, 9.17) is 12.6 Å². The molecule has 1 aliphatic heterocycles. The molecule has 1 atom stereocenters. The van der Waals surface area contributed by atoms with Crippen LogP contribution in [0.5, 0.6) is 0 Å². The molecule has 0 spiro atoms. The number of nitrogens with zero attached hydrogens (tertiary/aromatic N) is 2. The van der Waals surface area contributed by atoms with Gasteiger partial charge in [-0.3, -0.25) is 4.90 Å². The van der Waals surface area contributed by atoms with Gasteiger partial charge in [0.15, 0.2) is 0 Å². The second-order valence-corrected chi connectivity index (χ2v) is 8.34. The number of imidazole rings is 1. The number of H-pyrrole nitrogens is 1. The van der Waals surface area contributed by atoms with Crippen LogP contribution in [0.2, 0.25) is 0 Å². The highest BCUT2D eigenvalue weighted by atomic mass is 16.6. The molecule has 5 nitrogen and oxygen atoms in total. The Morgan fingerprint density at radius 3 is 2.75 bits per heavy atom. The highest BCUT2D eigenvalue weighted by Gasteiger charge is 2.34. The van der Waals surface area contributed by atoms with Crippen LogP contribution < -0.4 is 5.46 Å². The number of amides is 1. The lowest BCUT2D eigenvalue weighted by Crippen LogP contribution is -2.36. The largest absolute Gasteiger partial charge is 0.444 e. The molecule has 1 aromatic heterocycles. The maximum absolute atomic E-state index is 12.5. The van der Waals surface area contributed by atoms with Gasteiger partial charge in [-0.2, -0.15) is 0 Å². The number of aromatic amines is 1. The molecular formula is C22H24BN3O2. The van der Waals surface area contributed by atoms with Gasteiger partial charge in [0.05, 0.1) is 17.9 Å². The summed E-state index contributed by atoms with van der Waals surface area (Å²) in [5.74, 6) is 0.802. The third-order valence-electron chi connectivity index (χ3n) is 4.97. The number of hydrogen-bond donors (Lipinski definition) is 1. The summed E-state index contributed by atoms with van der Waals surface area (Å²) in [7, 11) is 5.86. The zero-order chi connectivity index (χ0) is 19.9. The van der Waals surface area contributed by atoms with Crippen LogP contribution in [0, 0.1) is 0 Å². The lowest BCUT2D eigenvalue weighted by molar-refractivity contribution is 0.0219. The Labute approximate surface area is 166 Å². The minimum Gasteiger partial charge on any atom is -0.444 e. The summed E-state index contributed by atoms with van der Waals surface area (Å²) >= 11 is 0. The summed E-state index contributed by atoms with van der Waals surface area (Å²) in [6.45, 7) is 6.34. The van der Waals surface area contributed by atoms with Crippen molar-refractivity contribution in [3.8, 4) is 11.3 Å². The van der Waals surface area contributed by atoms with Gasteiger partial charge in [-0.05, 0) is 50.5 Å². The SMILES string of the molecule is [B]c1ccc2cc(-c3cnc([C@@H]4CCCN4C(=O)OC(C)(C)C)[nH]3)ccc2c1. The summed E-state index contributed by atoms with van der Waals surface area (Å²) < 4.78 is 5.56. The van der Waals surface area contributed by atoms with Crippen molar-refractivity contribution >= 4 is 30.2 Å². The lowest BCUT2D eigenvalue weighted by Gasteiger charge is -2.27. The standard InChI is InChI=1S/C22H24BN3O2/c1-22(2,3)28-21(27)26-10-4-5-19(26)20-24-13-18(25-20)16-7-6-15-12-17(23)9-8-14(15)11-16/h6-9,11-13,19H,4-5,10H2,1-3H3,(H,24,25)/t19-/m0/s1. The molecule has 2 aromatic carbocycles. The average Bonchev–Trinajstić information content (AvgIpc) is 3.29. The van der Waals surface area contributed by atoms with Crippen molar-refractivity contribution in [1.29, 1.82) is 0 Å². The summed E-state index contributed by atoms with van der Waals surface area (Å²) in [4.78, 5) is 22.3. The van der Waals surface area contributed by atoms with E-state index in [1.54, 1.807) is 4.90 Å². The normalized spacial score (nSPS) is 17.2. The van der Waals surface area contributed by atoms with Crippen molar-refractivity contribution in [2.75, 3.05) is 6.54 Å². The number of ether oxygens (including phenoxy) is 1. The van der Waals surface area contributed by atoms with Crippen molar-refractivity contribution in [3.05, 3.63) is 48.4 Å². The number of rotatable bonds is 2. The van der Waals surface area contributed by atoms with Crippen LogP contribution in [-0.4, -0.2) is 41.0 Å². The predicted molar refractivity (Wildman–Crippen MR) is 112 cm³/mol. The van der Waals surface area contributed by atoms with Crippen LogP contribution in [0.3, 0.4) is 0 Å². The molecule has 6 heteroatoms. The van der Waals surface area contributed by atoms with E-state index in [-0.39, 0.29) is 12.1 Å². The van der Waals surface area contributed by atoms with E-state index in [2.05, 4.69) is 28.2 Å². The number of carbonyl (C=O) groups excluding carboxylic acids is 1. The predicted octanol–water partition coefficient (Wildman–Crippen LogP) is 4.10. The van der Waals surface area contributed by atoms with Gasteiger partial charge in [0, 0.05) is 12.1 Å². The molecule has 1 aliphatic rings. The van der Waals surface area contributed by atoms with E-state index in [9.17, 15) is 4.79 Å². The van der Waals surface area contributed by atoms with Gasteiger partial charge >= 0.3 is 6.09 Å². The van der Waals surface area contributed by atoms with Gasteiger partial charge in [-0.1, -0.05) is 35.8 Å². The molecule has 1 fully saturated rings. The van der Waals surface area contributed by atoms with Gasteiger partial charge in [0.1, 0.15) is 19.3 Å². The average molecular weight is 373 g/mol. The smallest absolute Gasteiger partial charge is 0.410 e. The van der Waals surface area contributed by atoms with Crippen molar-refractivity contribution in [2.24, 2.45) is 0 Å². The number of carbonyl (C=O) groups is 1. The van der Waals surface area contributed by atoms with Crippen LogP contribution in [0.25, 0.3) is 22.0 Å². The maximum atomic E-state index is 12.5. The molecule has 1 amide bonds. The number of fused-ring (bicyclic) bond motifs is 1. The van der Waals surface area contributed by atoms with Crippen LogP contribution >= 0.6 is 0 Å². The van der Waals surface area contributed by atoms with Crippen LogP contribution in [0.4, 0.5) is 4.79 Å². The van der Waals surface area contributed by atoms with E-state index >= 15 is 0 Å². The number of aromatic nitrogens is 2. The topological polar surface area (TPSA) is 58.2 Å². The van der Waals surface area contributed by atoms with E-state index in [1.165, 1.54) is 0 Å². The molecule has 0 saturated carbocycles. The van der Waals surface area contributed by atoms with Gasteiger partial charge in [-0.25, -0.2) is 9.78 Å². The molecule has 0 unspecified atom stereocenters. The molecule has 28 heavy (non-hydrogen) atoms. The summed E-state index contributed by atoms with van der Waals surface area (Å²) in [6.07, 6.45) is 3.37. The molecule has 4 rings (SSSR count). The number of hydrogen-bond acceptors (Lipinski definition) is 3. The number of likely N-dealkylation sites (tertiary alicyclic amines) is 1. The first kappa shape index (κ1) is 18.6. The van der Waals surface area contributed by atoms with E-state index in [1.807, 2.05) is 45.2 Å². The van der Waals surface area contributed by atoms with Gasteiger partial charge in [-0.15, -0.1) is 0 Å². The zero-order valence-corrected chi connectivity index (χ0v) is 16.5. The molecule has 1 N–H and O–H groups in total. The Hall–Kier alpha value is -2.76. The highest BCUT2D eigenvalue weighted by molar-refractivity contribution is 6.33. The molecule has 0 aliphatic carbocycles. The molecule has 2 heterocycles. The van der Waals surface area contributed by atoms with Gasteiger partial charge in [0.25, 0.3) is 0 Å². The number of benzene rings is 2. The fourth-order valence-corrected chi connectivity index (χ4v) is 3.67. The van der Waals surface area contributed by atoms with Gasteiger partial charge < -0.3 is 9.72 Å². The van der Waals surface area contributed by atoms with Crippen LogP contribution in [0.15, 0.2) is 42.6 Å². The third kappa shape index (κ3) is 3.77. The minimum absolute atomic E-state index is 0.0798. The summed E-state index contributed by atoms with van der Waals surface area (Å²) in [5, 5.41) is 2.23. The van der Waals surface area contributed by atoms with Crippen molar-refractivity contribution in [3.63, 3.8) is 0 Å². The van der Waals surface area contributed by atoms with E-state index < -0.39 is 5.60 Å². The number of nitrogens with one attached hydrogen (secondary N) is 1. The molecule has 0 bridgehead atoms. The Balaban J connectivity index is 1.58. The minimum atomic E-state index is -0.507. The van der Waals surface area contributed by atoms with E-state index in [0.29, 0.717) is 6.54 Å². The first-order valence-electron chi connectivity index (χ1n) is 9.64. The molecule has 3 aromatic rings. The quantitative estimate of drug-likeness (QED) is 0.689. The molecule has 142 valence electrons. The third-order valence-corrected chi connectivity index (χ3v) is 4.97. The maximum Gasteiger partial charge on any atom is 0.410 e. The second-order valence-electron chi connectivity index (χ2n) is 8.34. The zero-order valence-electron chi connectivity index (χ0n) is 16.5. The van der Waals surface area contributed by atoms with Crippen molar-refractivity contribution in [1.82, 2.24) is 14.9 Å². The fourth-order valence-electron chi connectivity index (χ4n) is 3.67. The van der Waals surface area contributed by atoms with Crippen molar-refractivity contribution < 1.29 is 9.53 Å². The summed E-state index contributed by atoms with van der Waals surface area (Å²) in [5.41, 5.74) is 2.24. The Morgan fingerprint density at radius 1 is 1.21 bits per heavy atom. The lowest BCUT2D eigenvalue weighted by atomic mass is 9.93. The van der Waals surface area contributed by atoms with Crippen molar-refractivity contribution in [2.45, 2.75) is 45.3 Å². The first-order valence-corrected chi connectivity index (χ1v) is 9.64. The molecule has 2 radical (unpaired) electrons. The van der Waals surface area contributed by atoms with Crippen LogP contribution in [-0.2, 0) is 4.74 Å². The highest BCUT2D eigenvalue weighted by Crippen LogP contribution is 2.33. The second kappa shape index (κ2) is 7.00. The Morgan fingerprint density at radius 2 is 1.96 bits per heavy atom. The van der Waals surface area contributed by atoms with Crippen LogP contribution in [0.1, 0.15) is 45.5 Å². The first-order chi connectivity index (χ1) is 13.3. The summed E-state index contributed by atoms with van der Waals surface area (Å²) in [6, 6.07) is 12.0.